The fourth-order valence-corrected chi connectivity index (χ4v) is 6.53. The van der Waals surface area contributed by atoms with Crippen LogP contribution in [0.15, 0.2) is 66.0 Å². The van der Waals surface area contributed by atoms with E-state index in [1.54, 1.807) is 22.3 Å². The number of rotatable bonds is 9. The second kappa shape index (κ2) is 11.8. The summed E-state index contributed by atoms with van der Waals surface area (Å²) >= 11 is 7.81. The second-order valence-corrected chi connectivity index (χ2v) is 11.4. The molecule has 2 amide bonds. The Hall–Kier alpha value is -2.74. The van der Waals surface area contributed by atoms with Gasteiger partial charge in [0.05, 0.1) is 16.6 Å². The molecule has 0 bridgehead atoms. The van der Waals surface area contributed by atoms with Crippen molar-refractivity contribution in [2.75, 3.05) is 32.7 Å². The number of nitrogens with one attached hydrogen (secondary N) is 1. The van der Waals surface area contributed by atoms with Gasteiger partial charge < -0.3 is 15.1 Å². The molecule has 3 aromatic rings. The fraction of sp³-hybridized carbons (Fsp3) is 0.379. The van der Waals surface area contributed by atoms with Gasteiger partial charge in [0, 0.05) is 44.0 Å². The molecule has 3 heterocycles. The van der Waals surface area contributed by atoms with E-state index < -0.39 is 5.82 Å². The molecule has 2 aliphatic rings. The van der Waals surface area contributed by atoms with Crippen LogP contribution in [-0.4, -0.2) is 54.3 Å². The summed E-state index contributed by atoms with van der Waals surface area (Å²) in [5.41, 5.74) is 1.09. The number of carbonyl (C=O) groups excluding carboxylic acids is 2. The van der Waals surface area contributed by atoms with Crippen LogP contribution in [0.4, 0.5) is 4.39 Å². The molecule has 0 radical (unpaired) electrons. The molecule has 8 heteroatoms. The van der Waals surface area contributed by atoms with Crippen molar-refractivity contribution in [3.63, 3.8) is 0 Å². The van der Waals surface area contributed by atoms with E-state index in [0.29, 0.717) is 31.3 Å². The van der Waals surface area contributed by atoms with E-state index in [0.717, 1.165) is 38.0 Å². The molecule has 37 heavy (non-hydrogen) atoms. The van der Waals surface area contributed by atoms with Crippen LogP contribution in [0.2, 0.25) is 5.02 Å². The molecule has 2 fully saturated rings. The van der Waals surface area contributed by atoms with Crippen molar-refractivity contribution in [2.24, 2.45) is 11.8 Å². The summed E-state index contributed by atoms with van der Waals surface area (Å²) in [6, 6.07) is 18.5. The summed E-state index contributed by atoms with van der Waals surface area (Å²) in [5, 5.41) is 5.46. The van der Waals surface area contributed by atoms with E-state index in [2.05, 4.69) is 28.4 Å². The first kappa shape index (κ1) is 25.9. The second-order valence-electron chi connectivity index (χ2n) is 9.99. The molecule has 1 aromatic heterocycles. The predicted molar refractivity (Wildman–Crippen MR) is 145 cm³/mol. The number of amides is 2. The highest BCUT2D eigenvalue weighted by Gasteiger charge is 2.42. The molecule has 0 spiro atoms. The Morgan fingerprint density at radius 3 is 2.43 bits per heavy atom. The van der Waals surface area contributed by atoms with Gasteiger partial charge >= 0.3 is 0 Å². The van der Waals surface area contributed by atoms with Gasteiger partial charge in [-0.25, -0.2) is 4.39 Å². The molecule has 5 nitrogen and oxygen atoms in total. The van der Waals surface area contributed by atoms with E-state index in [-0.39, 0.29) is 28.4 Å². The molecule has 2 aromatic carbocycles. The maximum absolute atomic E-state index is 14.3. The zero-order chi connectivity index (χ0) is 25.8. The van der Waals surface area contributed by atoms with Gasteiger partial charge in [-0.2, -0.15) is 0 Å². The van der Waals surface area contributed by atoms with Gasteiger partial charge in [-0.1, -0.05) is 54.1 Å². The maximum atomic E-state index is 14.3. The Balaban J connectivity index is 1.14. The van der Waals surface area contributed by atoms with Gasteiger partial charge in [0.15, 0.2) is 0 Å². The van der Waals surface area contributed by atoms with Crippen LogP contribution in [0, 0.1) is 17.7 Å². The van der Waals surface area contributed by atoms with Gasteiger partial charge in [0.2, 0.25) is 5.91 Å². The van der Waals surface area contributed by atoms with Crippen molar-refractivity contribution in [2.45, 2.75) is 25.3 Å². The monoisotopic (exact) mass is 539 g/mol. The van der Waals surface area contributed by atoms with Gasteiger partial charge in [-0.3, -0.25) is 9.59 Å². The molecular weight excluding hydrogens is 509 g/mol. The van der Waals surface area contributed by atoms with Crippen molar-refractivity contribution in [1.82, 2.24) is 15.1 Å². The highest BCUT2D eigenvalue weighted by Crippen LogP contribution is 2.33. The molecular formula is C29H31ClFN3O2S. The van der Waals surface area contributed by atoms with E-state index in [4.69, 9.17) is 11.6 Å². The summed E-state index contributed by atoms with van der Waals surface area (Å²) in [4.78, 5) is 31.1. The highest BCUT2D eigenvalue weighted by atomic mass is 35.5. The Labute approximate surface area is 226 Å². The third kappa shape index (κ3) is 6.22. The van der Waals surface area contributed by atoms with Crippen LogP contribution in [0.5, 0.6) is 0 Å². The number of hydrogen-bond acceptors (Lipinski definition) is 4. The predicted octanol–water partition coefficient (Wildman–Crippen LogP) is 5.42. The summed E-state index contributed by atoms with van der Waals surface area (Å²) < 4.78 is 14.3. The first-order valence-electron chi connectivity index (χ1n) is 12.8. The molecule has 0 saturated carbocycles. The Morgan fingerprint density at radius 2 is 1.76 bits per heavy atom. The highest BCUT2D eigenvalue weighted by molar-refractivity contribution is 7.09. The zero-order valence-electron chi connectivity index (χ0n) is 20.6. The average molecular weight is 540 g/mol. The third-order valence-corrected chi connectivity index (χ3v) is 8.73. The number of aryl methyl sites for hydroxylation is 1. The van der Waals surface area contributed by atoms with Gasteiger partial charge in [-0.15, -0.1) is 11.3 Å². The van der Waals surface area contributed by atoms with Crippen LogP contribution in [-0.2, 0) is 11.2 Å². The van der Waals surface area contributed by atoms with Gasteiger partial charge in [0.1, 0.15) is 5.82 Å². The van der Waals surface area contributed by atoms with Crippen LogP contribution in [0.1, 0.15) is 39.7 Å². The Morgan fingerprint density at radius 1 is 1.00 bits per heavy atom. The molecule has 3 atom stereocenters. The molecule has 2 saturated heterocycles. The largest absolute Gasteiger partial charge is 0.349 e. The lowest BCUT2D eigenvalue weighted by atomic mass is 10.0. The lowest BCUT2D eigenvalue weighted by molar-refractivity contribution is -0.121. The minimum atomic E-state index is -0.569. The Bertz CT molecular complexity index is 1190. The molecule has 0 aliphatic carbocycles. The van der Waals surface area contributed by atoms with E-state index >= 15 is 0 Å². The summed E-state index contributed by atoms with van der Waals surface area (Å²) in [6.45, 7) is 3.89. The SMILES string of the molecule is O=C(CCc1cccs1)NC(CCN1CC2CN(C(=O)c3c(F)cccc3Cl)C[C@@H]2C1)c1ccccc1. The standard InChI is InChI=1S/C29H31ClFN3O2S/c30-24-9-4-10-25(31)28(24)29(36)34-18-21-16-33(17-22(21)19-34)14-13-26(20-6-2-1-3-7-20)32-27(35)12-11-23-8-5-15-37-23/h1-10,15,21-22,26H,11-14,16-19H2,(H,32,35)/t21-,22?,26?/m0/s1. The van der Waals surface area contributed by atoms with Crippen molar-refractivity contribution in [3.05, 3.63) is 92.9 Å². The number of carbonyl (C=O) groups is 2. The lowest BCUT2D eigenvalue weighted by Crippen LogP contribution is -2.35. The first-order valence-corrected chi connectivity index (χ1v) is 14.1. The summed E-state index contributed by atoms with van der Waals surface area (Å²) in [6.07, 6.45) is 2.06. The fourth-order valence-electron chi connectivity index (χ4n) is 5.58. The molecule has 1 N–H and O–H groups in total. The maximum Gasteiger partial charge on any atom is 0.258 e. The number of thiophene rings is 1. The van der Waals surface area contributed by atoms with Crippen molar-refractivity contribution in [3.8, 4) is 0 Å². The van der Waals surface area contributed by atoms with Crippen molar-refractivity contribution >= 4 is 34.8 Å². The smallest absolute Gasteiger partial charge is 0.258 e. The van der Waals surface area contributed by atoms with Crippen molar-refractivity contribution < 1.29 is 14.0 Å². The molecule has 2 aliphatic heterocycles. The quantitative estimate of drug-likeness (QED) is 0.395. The third-order valence-electron chi connectivity index (χ3n) is 7.48. The number of fused-ring (bicyclic) bond motifs is 1. The van der Waals surface area contributed by atoms with Crippen LogP contribution in [0.25, 0.3) is 0 Å². The normalized spacial score (nSPS) is 20.1. The topological polar surface area (TPSA) is 52.7 Å². The summed E-state index contributed by atoms with van der Waals surface area (Å²) in [5.74, 6) is -0.0874. The van der Waals surface area contributed by atoms with Gasteiger partial charge in [-0.05, 0) is 53.8 Å². The minimum Gasteiger partial charge on any atom is -0.349 e. The molecule has 194 valence electrons. The van der Waals surface area contributed by atoms with E-state index in [1.165, 1.54) is 17.0 Å². The number of hydrogen-bond donors (Lipinski definition) is 1. The zero-order valence-corrected chi connectivity index (χ0v) is 22.2. The summed E-state index contributed by atoms with van der Waals surface area (Å²) in [7, 11) is 0. The van der Waals surface area contributed by atoms with E-state index in [1.807, 2.05) is 29.6 Å². The number of nitrogens with zero attached hydrogens (tertiary/aromatic N) is 2. The Kier molecular flexibility index (Phi) is 8.23. The van der Waals surface area contributed by atoms with Crippen LogP contribution >= 0.6 is 22.9 Å². The number of benzene rings is 2. The van der Waals surface area contributed by atoms with Crippen molar-refractivity contribution in [1.29, 1.82) is 0 Å². The molecule has 2 unspecified atom stereocenters. The minimum absolute atomic E-state index is 0.0264. The lowest BCUT2D eigenvalue weighted by Gasteiger charge is -2.25. The average Bonchev–Trinajstić information content (AvgIpc) is 3.63. The van der Waals surface area contributed by atoms with Gasteiger partial charge in [0.25, 0.3) is 5.91 Å². The number of halogens is 2. The number of likely N-dealkylation sites (tertiary alicyclic amines) is 2. The molecule has 5 rings (SSSR count). The first-order chi connectivity index (χ1) is 18.0. The van der Waals surface area contributed by atoms with Crippen LogP contribution < -0.4 is 5.32 Å². The van der Waals surface area contributed by atoms with Crippen LogP contribution in [0.3, 0.4) is 0 Å². The van der Waals surface area contributed by atoms with E-state index in [9.17, 15) is 14.0 Å².